The molecule has 0 atom stereocenters. The monoisotopic (exact) mass is 114 g/mol. The zero-order valence-corrected chi connectivity index (χ0v) is 4.98. The molecule has 0 aromatic rings. The lowest BCUT2D eigenvalue weighted by molar-refractivity contribution is -0.739. The van der Waals surface area contributed by atoms with E-state index in [4.69, 9.17) is 5.21 Å². The van der Waals surface area contributed by atoms with Gasteiger partial charge in [-0.1, -0.05) is 6.42 Å². The van der Waals surface area contributed by atoms with E-state index >= 15 is 0 Å². The average molecular weight is 114 g/mol. The minimum Gasteiger partial charge on any atom is -0.293 e. The van der Waals surface area contributed by atoms with Gasteiger partial charge in [0.15, 0.2) is 0 Å². The summed E-state index contributed by atoms with van der Waals surface area (Å²) in [6.07, 6.45) is 5.93. The van der Waals surface area contributed by atoms with Gasteiger partial charge in [0.25, 0.3) is 0 Å². The molecule has 2 N–H and O–H groups in total. The van der Waals surface area contributed by atoms with Crippen molar-refractivity contribution in [3.63, 3.8) is 0 Å². The molecule has 0 heterocycles. The number of hydrogen-bond donors (Lipinski definition) is 2. The smallest absolute Gasteiger partial charge is 0.201 e. The Morgan fingerprint density at radius 2 is 1.75 bits per heavy atom. The molecule has 0 bridgehead atoms. The first-order valence-electron chi connectivity index (χ1n) is 3.18. The van der Waals surface area contributed by atoms with Gasteiger partial charge in [-0.25, -0.2) is 0 Å². The van der Waals surface area contributed by atoms with Crippen molar-refractivity contribution < 1.29 is 10.4 Å². The Morgan fingerprint density at radius 1 is 1.12 bits per heavy atom. The summed E-state index contributed by atoms with van der Waals surface area (Å²) in [5.74, 6) is 0. The van der Waals surface area contributed by atoms with Crippen LogP contribution in [0.3, 0.4) is 0 Å². The van der Waals surface area contributed by atoms with Crippen LogP contribution in [0.5, 0.6) is 0 Å². The lowest BCUT2D eigenvalue weighted by Crippen LogP contribution is -2.69. The van der Waals surface area contributed by atoms with Crippen LogP contribution in [0, 0.1) is 0 Å². The molecule has 1 saturated carbocycles. The van der Waals surface area contributed by atoms with Gasteiger partial charge in [-0.2, -0.15) is 0 Å². The molecule has 0 amide bonds. The summed E-state index contributed by atoms with van der Waals surface area (Å²) in [6, 6.07) is 0. The van der Waals surface area contributed by atoms with Crippen molar-refractivity contribution in [1.82, 2.24) is 0 Å². The van der Waals surface area contributed by atoms with Crippen molar-refractivity contribution >= 4 is 5.71 Å². The Balaban J connectivity index is 2.33. The molecule has 0 unspecified atom stereocenters. The fourth-order valence-electron chi connectivity index (χ4n) is 1.09. The van der Waals surface area contributed by atoms with Crippen molar-refractivity contribution in [3.8, 4) is 0 Å². The molecule has 0 radical (unpaired) electrons. The fourth-order valence-corrected chi connectivity index (χ4v) is 1.09. The Hall–Kier alpha value is -0.530. The van der Waals surface area contributed by atoms with Crippen molar-refractivity contribution in [2.45, 2.75) is 32.1 Å². The lowest BCUT2D eigenvalue weighted by Gasteiger charge is -2.04. The highest BCUT2D eigenvalue weighted by molar-refractivity contribution is 5.79. The highest BCUT2D eigenvalue weighted by Gasteiger charge is 2.10. The Bertz CT molecular complexity index is 90.7. The third-order valence-electron chi connectivity index (χ3n) is 1.62. The van der Waals surface area contributed by atoms with Crippen LogP contribution in [-0.2, 0) is 0 Å². The lowest BCUT2D eigenvalue weighted by atomic mass is 9.99. The Labute approximate surface area is 49.2 Å². The van der Waals surface area contributed by atoms with E-state index in [1.54, 1.807) is 0 Å². The van der Waals surface area contributed by atoms with E-state index in [1.165, 1.54) is 19.3 Å². The van der Waals surface area contributed by atoms with Gasteiger partial charge >= 0.3 is 0 Å². The molecule has 0 spiro atoms. The Kier molecular flexibility index (Phi) is 1.89. The molecule has 0 aromatic heterocycles. The van der Waals surface area contributed by atoms with Gasteiger partial charge in [0, 0.05) is 12.8 Å². The van der Waals surface area contributed by atoms with Crippen molar-refractivity contribution in [2.75, 3.05) is 0 Å². The molecule has 8 heavy (non-hydrogen) atoms. The molecular weight excluding hydrogens is 102 g/mol. The van der Waals surface area contributed by atoms with Crippen LogP contribution >= 0.6 is 0 Å². The quantitative estimate of drug-likeness (QED) is 0.333. The Morgan fingerprint density at radius 3 is 2.12 bits per heavy atom. The van der Waals surface area contributed by atoms with Gasteiger partial charge in [-0.15, -0.1) is 0 Å². The third kappa shape index (κ3) is 1.22. The highest BCUT2D eigenvalue weighted by Crippen LogP contribution is 2.11. The summed E-state index contributed by atoms with van der Waals surface area (Å²) < 4.78 is 0. The van der Waals surface area contributed by atoms with Crippen LogP contribution in [0.2, 0.25) is 0 Å². The van der Waals surface area contributed by atoms with Crippen LogP contribution in [0.1, 0.15) is 32.1 Å². The maximum atomic E-state index is 8.40. The van der Waals surface area contributed by atoms with E-state index in [-0.39, 0.29) is 0 Å². The minimum absolute atomic E-state index is 1.07. The minimum atomic E-state index is 1.07. The molecule has 0 saturated heterocycles. The first-order chi connectivity index (χ1) is 3.93. The summed E-state index contributed by atoms with van der Waals surface area (Å²) in [4.78, 5) is 0. The van der Waals surface area contributed by atoms with E-state index in [1.807, 2.05) is 0 Å². The van der Waals surface area contributed by atoms with Crippen LogP contribution in [0.4, 0.5) is 0 Å². The number of rotatable bonds is 0. The molecule has 2 nitrogen and oxygen atoms in total. The second kappa shape index (κ2) is 2.70. The van der Waals surface area contributed by atoms with Crippen molar-refractivity contribution in [1.29, 1.82) is 0 Å². The van der Waals surface area contributed by atoms with Crippen LogP contribution in [0.15, 0.2) is 0 Å². The molecule has 1 fully saturated rings. The average Bonchev–Trinajstić information content (AvgIpc) is 1.90. The van der Waals surface area contributed by atoms with Crippen LogP contribution in [0.25, 0.3) is 0 Å². The fraction of sp³-hybridized carbons (Fsp3) is 0.833. The zero-order valence-electron chi connectivity index (χ0n) is 4.98. The van der Waals surface area contributed by atoms with Crippen LogP contribution < -0.4 is 5.16 Å². The SMILES string of the molecule is O[NH+]=C1CCCCC1. The predicted molar refractivity (Wildman–Crippen MR) is 30.8 cm³/mol. The molecular formula is C6H12NO+. The summed E-state index contributed by atoms with van der Waals surface area (Å²) in [5.41, 5.74) is 1.11. The molecule has 1 rings (SSSR count). The second-order valence-electron chi connectivity index (χ2n) is 2.28. The van der Waals surface area contributed by atoms with Crippen molar-refractivity contribution in [2.24, 2.45) is 0 Å². The second-order valence-corrected chi connectivity index (χ2v) is 2.28. The predicted octanol–water partition coefficient (Wildman–Crippen LogP) is -0.139. The topological polar surface area (TPSA) is 34.2 Å². The van der Waals surface area contributed by atoms with Gasteiger partial charge in [0.1, 0.15) is 0 Å². The van der Waals surface area contributed by atoms with Gasteiger partial charge in [-0.3, -0.25) is 5.21 Å². The standard InChI is InChI=1S/C6H11NO/c8-7-6-4-2-1-3-5-6/h8H,1-5H2/p+1. The number of nitrogens with one attached hydrogen (secondary N) is 1. The van der Waals surface area contributed by atoms with Gasteiger partial charge in [0.2, 0.25) is 5.71 Å². The van der Waals surface area contributed by atoms with Gasteiger partial charge in [-0.05, 0) is 18.0 Å². The van der Waals surface area contributed by atoms with E-state index < -0.39 is 0 Å². The third-order valence-corrected chi connectivity index (χ3v) is 1.62. The van der Waals surface area contributed by atoms with Gasteiger partial charge < -0.3 is 0 Å². The summed E-state index contributed by atoms with van der Waals surface area (Å²) in [7, 11) is 0. The van der Waals surface area contributed by atoms with E-state index in [2.05, 4.69) is 5.16 Å². The molecule has 0 aliphatic heterocycles. The van der Waals surface area contributed by atoms with E-state index in [0.29, 0.717) is 0 Å². The van der Waals surface area contributed by atoms with Gasteiger partial charge in [0.05, 0.1) is 0 Å². The normalized spacial score (nSPS) is 20.8. The largest absolute Gasteiger partial charge is 0.293 e. The summed E-state index contributed by atoms with van der Waals surface area (Å²) >= 11 is 0. The maximum Gasteiger partial charge on any atom is 0.201 e. The highest BCUT2D eigenvalue weighted by atomic mass is 16.4. The number of hydrogen-bond acceptors (Lipinski definition) is 1. The molecule has 1 aliphatic rings. The molecule has 1 aliphatic carbocycles. The maximum absolute atomic E-state index is 8.40. The molecule has 0 aromatic carbocycles. The van der Waals surface area contributed by atoms with E-state index in [9.17, 15) is 0 Å². The summed E-state index contributed by atoms with van der Waals surface area (Å²) in [5, 5.41) is 10.6. The first kappa shape index (κ1) is 5.60. The van der Waals surface area contributed by atoms with Crippen LogP contribution in [-0.4, -0.2) is 10.9 Å². The first-order valence-corrected chi connectivity index (χ1v) is 3.18. The molecule has 46 valence electrons. The zero-order chi connectivity index (χ0) is 5.82. The van der Waals surface area contributed by atoms with Crippen molar-refractivity contribution in [3.05, 3.63) is 0 Å². The van der Waals surface area contributed by atoms with E-state index in [0.717, 1.165) is 18.6 Å². The summed E-state index contributed by atoms with van der Waals surface area (Å²) in [6.45, 7) is 0. The molecule has 2 heteroatoms.